The lowest BCUT2D eigenvalue weighted by Gasteiger charge is -2.27. The molecule has 0 saturated carbocycles. The van der Waals surface area contributed by atoms with E-state index in [0.717, 1.165) is 11.0 Å². The van der Waals surface area contributed by atoms with Crippen molar-refractivity contribution in [1.29, 1.82) is 0 Å². The van der Waals surface area contributed by atoms with E-state index in [1.165, 1.54) is 22.5 Å². The first-order valence-corrected chi connectivity index (χ1v) is 7.00. The fraction of sp³-hybridized carbons (Fsp3) is 0.571. The van der Waals surface area contributed by atoms with Gasteiger partial charge in [-0.1, -0.05) is 0 Å². The first kappa shape index (κ1) is 13.2. The van der Waals surface area contributed by atoms with Gasteiger partial charge in [-0.2, -0.15) is 5.10 Å². The molecule has 3 rings (SSSR count). The number of aromatic amines is 1. The molecule has 20 heavy (non-hydrogen) atoms. The van der Waals surface area contributed by atoms with Crippen molar-refractivity contribution in [1.82, 2.24) is 15.0 Å². The molecule has 0 radical (unpaired) electrons. The molecule has 108 valence electrons. The van der Waals surface area contributed by atoms with Crippen molar-refractivity contribution >= 4 is 22.4 Å². The Balaban J connectivity index is 2.37. The summed E-state index contributed by atoms with van der Waals surface area (Å²) in [6.07, 6.45) is 0. The molecular weight excluding hydrogens is 252 g/mol. The molecule has 0 saturated heterocycles. The van der Waals surface area contributed by atoms with Crippen molar-refractivity contribution < 1.29 is 5.10 Å². The Morgan fingerprint density at radius 1 is 0.950 bits per heavy atom. The van der Waals surface area contributed by atoms with Gasteiger partial charge in [0.05, 0.1) is 11.4 Å². The number of hydrogen-bond donors (Lipinski definition) is 0. The number of anilines is 2. The number of nitrogens with one attached hydrogen (secondary N) is 1. The Morgan fingerprint density at radius 3 is 2.05 bits per heavy atom. The summed E-state index contributed by atoms with van der Waals surface area (Å²) >= 11 is 0. The number of benzene rings is 1. The number of aromatic nitrogens is 3. The van der Waals surface area contributed by atoms with Crippen LogP contribution in [0.15, 0.2) is 0 Å². The first-order valence-electron chi connectivity index (χ1n) is 7.00. The van der Waals surface area contributed by atoms with E-state index in [2.05, 4.69) is 69.1 Å². The fourth-order valence-corrected chi connectivity index (χ4v) is 2.99. The molecule has 1 aliphatic rings. The van der Waals surface area contributed by atoms with E-state index in [1.807, 2.05) is 4.80 Å². The minimum Gasteiger partial charge on any atom is -0.289 e. The molecule has 0 spiro atoms. The molecule has 0 atom stereocenters. The summed E-state index contributed by atoms with van der Waals surface area (Å²) in [7, 11) is 6.24. The Morgan fingerprint density at radius 2 is 1.50 bits per heavy atom. The van der Waals surface area contributed by atoms with Crippen molar-refractivity contribution in [3.05, 3.63) is 11.1 Å². The van der Waals surface area contributed by atoms with Gasteiger partial charge in [0.2, 0.25) is 5.52 Å². The van der Waals surface area contributed by atoms with Crippen LogP contribution in [0.1, 0.15) is 31.0 Å². The highest BCUT2D eigenvalue weighted by Gasteiger charge is 2.35. The fourth-order valence-electron chi connectivity index (χ4n) is 2.99. The van der Waals surface area contributed by atoms with Crippen LogP contribution >= 0.6 is 0 Å². The molecule has 1 aromatic heterocycles. The van der Waals surface area contributed by atoms with Gasteiger partial charge in [-0.15, -0.1) is 5.12 Å². The molecule has 0 aliphatic carbocycles. The van der Waals surface area contributed by atoms with Crippen LogP contribution in [0.2, 0.25) is 0 Å². The van der Waals surface area contributed by atoms with Gasteiger partial charge in [0.15, 0.2) is 0 Å². The van der Waals surface area contributed by atoms with E-state index in [1.54, 1.807) is 0 Å². The Kier molecular flexibility index (Phi) is 2.69. The molecule has 2 heterocycles. The molecular formula is C14H23N6+. The number of fused-ring (bicyclic) bond motifs is 2. The molecule has 1 aromatic carbocycles. The van der Waals surface area contributed by atoms with Gasteiger partial charge in [-0.05, 0) is 32.5 Å². The second kappa shape index (κ2) is 4.09. The monoisotopic (exact) mass is 275 g/mol. The van der Waals surface area contributed by atoms with Gasteiger partial charge in [0.1, 0.15) is 6.04 Å². The Labute approximate surface area is 119 Å². The maximum atomic E-state index is 4.73. The number of hydrogen-bond acceptors (Lipinski definition) is 4. The van der Waals surface area contributed by atoms with Crippen LogP contribution in [-0.4, -0.2) is 36.2 Å². The summed E-state index contributed by atoms with van der Waals surface area (Å²) in [5, 5.41) is 14.6. The zero-order valence-corrected chi connectivity index (χ0v) is 13.3. The van der Waals surface area contributed by atoms with E-state index in [0.29, 0.717) is 6.04 Å². The lowest BCUT2D eigenvalue weighted by Crippen LogP contribution is -2.41. The van der Waals surface area contributed by atoms with Gasteiger partial charge in [-0.25, -0.2) is 0 Å². The summed E-state index contributed by atoms with van der Waals surface area (Å²) < 4.78 is 0. The summed E-state index contributed by atoms with van der Waals surface area (Å²) in [4.78, 5) is 1.93. The molecule has 6 nitrogen and oxygen atoms in total. The van der Waals surface area contributed by atoms with Crippen molar-refractivity contribution in [2.24, 2.45) is 0 Å². The molecule has 0 amide bonds. The standard InChI is InChI=1S/C14H22N6/c1-8(2)20-15-11-9(3)13-14(10(4)12(11)16-20)18(6)19(7)17(13)5/h8H,1-7H3/p+1. The molecule has 0 bridgehead atoms. The maximum absolute atomic E-state index is 4.73. The third-order valence-corrected chi connectivity index (χ3v) is 4.34. The smallest absolute Gasteiger partial charge is 0.254 e. The minimum absolute atomic E-state index is 0.328. The summed E-state index contributed by atoms with van der Waals surface area (Å²) in [5.74, 6) is 0. The molecule has 1 N–H and O–H groups in total. The summed E-state index contributed by atoms with van der Waals surface area (Å²) in [6, 6.07) is 0.328. The molecule has 0 unspecified atom stereocenters. The normalized spacial score (nSPS) is 15.8. The zero-order valence-electron chi connectivity index (χ0n) is 13.3. The van der Waals surface area contributed by atoms with Crippen LogP contribution < -0.4 is 15.1 Å². The van der Waals surface area contributed by atoms with Crippen LogP contribution in [0.5, 0.6) is 0 Å². The SMILES string of the molecule is Cc1c2c(c(C)c3[nH+]n(C(C)C)nc13)N(C)N(C)N2C. The average molecular weight is 275 g/mol. The second-order valence-corrected chi connectivity index (χ2v) is 5.86. The van der Waals surface area contributed by atoms with E-state index in [4.69, 9.17) is 5.10 Å². The van der Waals surface area contributed by atoms with Crippen molar-refractivity contribution in [3.8, 4) is 0 Å². The third-order valence-electron chi connectivity index (χ3n) is 4.34. The lowest BCUT2D eigenvalue weighted by atomic mass is 10.0. The number of H-pyrrole nitrogens is 1. The quantitative estimate of drug-likeness (QED) is 0.794. The van der Waals surface area contributed by atoms with Gasteiger partial charge in [0.25, 0.3) is 5.52 Å². The maximum Gasteiger partial charge on any atom is 0.254 e. The summed E-state index contributed by atoms with van der Waals surface area (Å²) in [5.41, 5.74) is 7.14. The van der Waals surface area contributed by atoms with Gasteiger partial charge in [0, 0.05) is 37.4 Å². The highest BCUT2D eigenvalue weighted by atomic mass is 15.9. The highest BCUT2D eigenvalue weighted by Crippen LogP contribution is 2.44. The van der Waals surface area contributed by atoms with Crippen LogP contribution in [0.4, 0.5) is 11.4 Å². The second-order valence-electron chi connectivity index (χ2n) is 5.86. The van der Waals surface area contributed by atoms with E-state index < -0.39 is 0 Å². The summed E-state index contributed by atoms with van der Waals surface area (Å²) in [6.45, 7) is 8.57. The van der Waals surface area contributed by atoms with Gasteiger partial charge in [-0.3, -0.25) is 10.0 Å². The average Bonchev–Trinajstić information content (AvgIpc) is 2.93. The van der Waals surface area contributed by atoms with Crippen LogP contribution in [-0.2, 0) is 0 Å². The topological polar surface area (TPSA) is 41.7 Å². The van der Waals surface area contributed by atoms with E-state index in [9.17, 15) is 0 Å². The lowest BCUT2D eigenvalue weighted by molar-refractivity contribution is -0.476. The number of nitrogens with zero attached hydrogens (tertiary/aromatic N) is 5. The number of hydrazine groups is 2. The van der Waals surface area contributed by atoms with Crippen molar-refractivity contribution in [3.63, 3.8) is 0 Å². The minimum atomic E-state index is 0.328. The van der Waals surface area contributed by atoms with Crippen LogP contribution in [0.3, 0.4) is 0 Å². The molecule has 2 aromatic rings. The van der Waals surface area contributed by atoms with Crippen LogP contribution in [0, 0.1) is 13.8 Å². The van der Waals surface area contributed by atoms with Gasteiger partial charge < -0.3 is 0 Å². The van der Waals surface area contributed by atoms with E-state index >= 15 is 0 Å². The zero-order chi connectivity index (χ0) is 14.8. The van der Waals surface area contributed by atoms with Crippen LogP contribution in [0.25, 0.3) is 11.0 Å². The Hall–Kier alpha value is -1.82. The predicted molar refractivity (Wildman–Crippen MR) is 80.7 cm³/mol. The van der Waals surface area contributed by atoms with Crippen molar-refractivity contribution in [2.45, 2.75) is 33.7 Å². The largest absolute Gasteiger partial charge is 0.289 e. The van der Waals surface area contributed by atoms with Crippen molar-refractivity contribution in [2.75, 3.05) is 31.2 Å². The number of aryl methyl sites for hydroxylation is 2. The van der Waals surface area contributed by atoms with Gasteiger partial charge >= 0.3 is 0 Å². The first-order chi connectivity index (χ1) is 9.34. The predicted octanol–water partition coefficient (Wildman–Crippen LogP) is 1.70. The Bertz CT molecular complexity index is 634. The molecule has 1 aliphatic heterocycles. The third kappa shape index (κ3) is 1.48. The highest BCUT2D eigenvalue weighted by molar-refractivity contribution is 5.95. The number of rotatable bonds is 1. The van der Waals surface area contributed by atoms with E-state index in [-0.39, 0.29) is 0 Å². The molecule has 0 fully saturated rings. The molecule has 6 heteroatoms.